The highest BCUT2D eigenvalue weighted by molar-refractivity contribution is 5.61. The Balaban J connectivity index is 2.11. The fourth-order valence-corrected chi connectivity index (χ4v) is 2.29. The van der Waals surface area contributed by atoms with Gasteiger partial charge in [0, 0.05) is 18.8 Å². The van der Waals surface area contributed by atoms with Gasteiger partial charge < -0.3 is 10.2 Å². The number of anilines is 1. The van der Waals surface area contributed by atoms with Gasteiger partial charge in [-0.1, -0.05) is 25.1 Å². The van der Waals surface area contributed by atoms with Crippen LogP contribution in [-0.4, -0.2) is 25.0 Å². The zero-order valence-corrected chi connectivity index (χ0v) is 9.71. The Morgan fingerprint density at radius 3 is 3.07 bits per heavy atom. The van der Waals surface area contributed by atoms with Crippen molar-refractivity contribution in [1.29, 1.82) is 0 Å². The zero-order chi connectivity index (χ0) is 10.7. The van der Waals surface area contributed by atoms with Crippen LogP contribution < -0.4 is 5.32 Å². The maximum Gasteiger partial charge on any atom is 0.0419 e. The Morgan fingerprint density at radius 2 is 2.27 bits per heavy atom. The summed E-state index contributed by atoms with van der Waals surface area (Å²) < 4.78 is 0. The topological polar surface area (TPSA) is 15.3 Å². The van der Waals surface area contributed by atoms with Gasteiger partial charge in [0.2, 0.25) is 0 Å². The van der Waals surface area contributed by atoms with Gasteiger partial charge in [-0.15, -0.1) is 0 Å². The monoisotopic (exact) mass is 204 g/mol. The Kier molecular flexibility index (Phi) is 3.27. The Hall–Kier alpha value is -1.02. The second kappa shape index (κ2) is 4.67. The normalized spacial score (nSPS) is 14.1. The molecule has 0 amide bonds. The number of para-hydroxylation sites is 1. The van der Waals surface area contributed by atoms with Crippen molar-refractivity contribution < 1.29 is 0 Å². The largest absolute Gasteiger partial charge is 0.384 e. The van der Waals surface area contributed by atoms with Gasteiger partial charge in [0.25, 0.3) is 0 Å². The minimum absolute atomic E-state index is 1.06. The smallest absolute Gasteiger partial charge is 0.0419 e. The average Bonchev–Trinajstić information content (AvgIpc) is 2.67. The second-order valence-electron chi connectivity index (χ2n) is 4.37. The van der Waals surface area contributed by atoms with Crippen molar-refractivity contribution in [2.45, 2.75) is 26.3 Å². The average molecular weight is 204 g/mol. The number of benzene rings is 1. The molecule has 1 heterocycles. The molecule has 1 aromatic carbocycles. The van der Waals surface area contributed by atoms with Crippen LogP contribution in [0.4, 0.5) is 5.69 Å². The molecule has 1 aliphatic heterocycles. The van der Waals surface area contributed by atoms with Crippen molar-refractivity contribution >= 4 is 5.69 Å². The summed E-state index contributed by atoms with van der Waals surface area (Å²) in [6.07, 6.45) is 2.40. The molecule has 2 rings (SSSR count). The maximum absolute atomic E-state index is 3.49. The fraction of sp³-hybridized carbons (Fsp3) is 0.538. The molecule has 1 aliphatic rings. The van der Waals surface area contributed by atoms with E-state index < -0.39 is 0 Å². The highest BCUT2D eigenvalue weighted by Gasteiger charge is 2.13. The van der Waals surface area contributed by atoms with E-state index in [2.05, 4.69) is 42.4 Å². The molecule has 0 fully saturated rings. The van der Waals surface area contributed by atoms with E-state index in [1.165, 1.54) is 36.2 Å². The summed E-state index contributed by atoms with van der Waals surface area (Å²) in [6, 6.07) is 6.66. The number of rotatable bonds is 4. The van der Waals surface area contributed by atoms with Crippen LogP contribution in [0.2, 0.25) is 0 Å². The summed E-state index contributed by atoms with van der Waals surface area (Å²) in [6.45, 7) is 5.56. The molecule has 0 bridgehead atoms. The Bertz CT molecular complexity index is 333. The van der Waals surface area contributed by atoms with E-state index in [9.17, 15) is 0 Å². The first-order chi connectivity index (χ1) is 7.31. The highest BCUT2D eigenvalue weighted by atomic mass is 15.1. The molecule has 0 spiro atoms. The summed E-state index contributed by atoms with van der Waals surface area (Å²) in [7, 11) is 2.19. The molecule has 0 saturated heterocycles. The fourth-order valence-electron chi connectivity index (χ4n) is 2.29. The first-order valence-electron chi connectivity index (χ1n) is 5.84. The molecule has 1 aromatic rings. The summed E-state index contributed by atoms with van der Waals surface area (Å²) >= 11 is 0. The predicted octanol–water partition coefficient (Wildman–Crippen LogP) is 2.50. The Labute approximate surface area is 92.3 Å². The molecule has 82 valence electrons. The summed E-state index contributed by atoms with van der Waals surface area (Å²) in [5.41, 5.74) is 4.32. The molecule has 1 N–H and O–H groups in total. The van der Waals surface area contributed by atoms with E-state index in [-0.39, 0.29) is 0 Å². The molecule has 0 unspecified atom stereocenters. The van der Waals surface area contributed by atoms with Gasteiger partial charge in [0.15, 0.2) is 0 Å². The molecule has 0 aliphatic carbocycles. The third kappa shape index (κ3) is 2.32. The maximum atomic E-state index is 3.49. The van der Waals surface area contributed by atoms with E-state index >= 15 is 0 Å². The van der Waals surface area contributed by atoms with Crippen molar-refractivity contribution in [3.8, 4) is 0 Å². The SMILES string of the molecule is CCCN(C)Cc1cccc2c1NCC2. The molecule has 0 saturated carbocycles. The van der Waals surface area contributed by atoms with Crippen molar-refractivity contribution in [2.75, 3.05) is 25.5 Å². The first kappa shape index (κ1) is 10.5. The van der Waals surface area contributed by atoms with Crippen LogP contribution in [-0.2, 0) is 13.0 Å². The second-order valence-corrected chi connectivity index (χ2v) is 4.37. The number of nitrogens with one attached hydrogen (secondary N) is 1. The summed E-state index contributed by atoms with van der Waals surface area (Å²) in [5.74, 6) is 0. The third-order valence-electron chi connectivity index (χ3n) is 2.98. The van der Waals surface area contributed by atoms with Gasteiger partial charge in [-0.25, -0.2) is 0 Å². The van der Waals surface area contributed by atoms with Crippen molar-refractivity contribution in [3.05, 3.63) is 29.3 Å². The predicted molar refractivity (Wildman–Crippen MR) is 65.3 cm³/mol. The number of nitrogens with zero attached hydrogens (tertiary/aromatic N) is 1. The first-order valence-corrected chi connectivity index (χ1v) is 5.84. The van der Waals surface area contributed by atoms with Crippen LogP contribution in [0, 0.1) is 0 Å². The standard InChI is InChI=1S/C13H20N2/c1-3-9-15(2)10-12-6-4-5-11-7-8-14-13(11)12/h4-6,14H,3,7-10H2,1-2H3. The molecular weight excluding hydrogens is 184 g/mol. The van der Waals surface area contributed by atoms with Crippen molar-refractivity contribution in [3.63, 3.8) is 0 Å². The van der Waals surface area contributed by atoms with Crippen LogP contribution >= 0.6 is 0 Å². The van der Waals surface area contributed by atoms with Crippen LogP contribution in [0.25, 0.3) is 0 Å². The molecule has 2 nitrogen and oxygen atoms in total. The minimum atomic E-state index is 1.06. The van der Waals surface area contributed by atoms with Crippen LogP contribution in [0.1, 0.15) is 24.5 Å². The van der Waals surface area contributed by atoms with Gasteiger partial charge in [0.1, 0.15) is 0 Å². The van der Waals surface area contributed by atoms with Crippen molar-refractivity contribution in [1.82, 2.24) is 4.90 Å². The third-order valence-corrected chi connectivity index (χ3v) is 2.98. The van der Waals surface area contributed by atoms with E-state index in [1.807, 2.05) is 0 Å². The van der Waals surface area contributed by atoms with Crippen molar-refractivity contribution in [2.24, 2.45) is 0 Å². The van der Waals surface area contributed by atoms with Gasteiger partial charge in [-0.3, -0.25) is 0 Å². The molecule has 0 radical (unpaired) electrons. The van der Waals surface area contributed by atoms with Crippen LogP contribution in [0.5, 0.6) is 0 Å². The molecule has 15 heavy (non-hydrogen) atoms. The lowest BCUT2D eigenvalue weighted by Crippen LogP contribution is -2.19. The minimum Gasteiger partial charge on any atom is -0.384 e. The van der Waals surface area contributed by atoms with Crippen LogP contribution in [0.15, 0.2) is 18.2 Å². The van der Waals surface area contributed by atoms with Gasteiger partial charge in [-0.05, 0) is 37.6 Å². The number of hydrogen-bond acceptors (Lipinski definition) is 2. The van der Waals surface area contributed by atoms with E-state index in [0.717, 1.165) is 13.1 Å². The van der Waals surface area contributed by atoms with E-state index in [1.54, 1.807) is 0 Å². The lowest BCUT2D eigenvalue weighted by molar-refractivity contribution is 0.328. The van der Waals surface area contributed by atoms with E-state index in [0.29, 0.717) is 0 Å². The highest BCUT2D eigenvalue weighted by Crippen LogP contribution is 2.27. The Morgan fingerprint density at radius 1 is 1.40 bits per heavy atom. The molecular formula is C13H20N2. The summed E-state index contributed by atoms with van der Waals surface area (Å²) in [5, 5.41) is 3.49. The lowest BCUT2D eigenvalue weighted by Gasteiger charge is -2.17. The quantitative estimate of drug-likeness (QED) is 0.810. The lowest BCUT2D eigenvalue weighted by atomic mass is 10.1. The summed E-state index contributed by atoms with van der Waals surface area (Å²) in [4.78, 5) is 2.38. The van der Waals surface area contributed by atoms with Gasteiger partial charge in [0.05, 0.1) is 0 Å². The molecule has 2 heteroatoms. The number of hydrogen-bond donors (Lipinski definition) is 1. The number of fused-ring (bicyclic) bond motifs is 1. The molecule has 0 aromatic heterocycles. The zero-order valence-electron chi connectivity index (χ0n) is 9.71. The molecule has 0 atom stereocenters. The van der Waals surface area contributed by atoms with Crippen LogP contribution in [0.3, 0.4) is 0 Å². The van der Waals surface area contributed by atoms with E-state index in [4.69, 9.17) is 0 Å². The van der Waals surface area contributed by atoms with Gasteiger partial charge >= 0.3 is 0 Å². The van der Waals surface area contributed by atoms with Gasteiger partial charge in [-0.2, -0.15) is 0 Å².